The van der Waals surface area contributed by atoms with Gasteiger partial charge in [-0.05, 0) is 37.7 Å². The van der Waals surface area contributed by atoms with E-state index in [1.54, 1.807) is 24.3 Å². The second kappa shape index (κ2) is 4.94. The van der Waals surface area contributed by atoms with Gasteiger partial charge in [-0.25, -0.2) is 8.42 Å². The van der Waals surface area contributed by atoms with Crippen LogP contribution in [0, 0.1) is 0 Å². The topological polar surface area (TPSA) is 49.4 Å². The smallest absolute Gasteiger partial charge is 0.243 e. The molecule has 1 N–H and O–H groups in total. The number of likely N-dealkylation sites (N-methyl/N-ethyl adjacent to an activating group) is 1. The summed E-state index contributed by atoms with van der Waals surface area (Å²) in [6.07, 6.45) is 0.851. The van der Waals surface area contributed by atoms with Crippen molar-refractivity contribution in [1.82, 2.24) is 9.62 Å². The summed E-state index contributed by atoms with van der Waals surface area (Å²) in [7, 11) is -1.51. The summed E-state index contributed by atoms with van der Waals surface area (Å²) in [5, 5.41) is 3.64. The molecule has 1 unspecified atom stereocenters. The molecule has 4 nitrogen and oxygen atoms in total. The zero-order chi connectivity index (χ0) is 12.5. The average molecular weight is 275 g/mol. The lowest BCUT2D eigenvalue weighted by Gasteiger charge is -2.16. The number of rotatable bonds is 3. The van der Waals surface area contributed by atoms with Crippen molar-refractivity contribution in [2.24, 2.45) is 0 Å². The maximum absolute atomic E-state index is 12.3. The van der Waals surface area contributed by atoms with Gasteiger partial charge >= 0.3 is 0 Å². The fourth-order valence-corrected chi connectivity index (χ4v) is 3.56. The second-order valence-electron chi connectivity index (χ2n) is 4.09. The molecule has 1 fully saturated rings. The van der Waals surface area contributed by atoms with E-state index in [1.165, 1.54) is 4.31 Å². The van der Waals surface area contributed by atoms with Crippen LogP contribution in [0.2, 0.25) is 5.02 Å². The molecule has 1 aromatic rings. The van der Waals surface area contributed by atoms with E-state index in [0.29, 0.717) is 23.0 Å². The fraction of sp³-hybridized carbons (Fsp3) is 0.455. The van der Waals surface area contributed by atoms with Gasteiger partial charge in [0.25, 0.3) is 0 Å². The Morgan fingerprint density at radius 3 is 2.53 bits per heavy atom. The SMILES string of the molecule is CNC1CCN(S(=O)(=O)c2ccc(Cl)cc2)C1. The predicted molar refractivity (Wildman–Crippen MR) is 67.7 cm³/mol. The van der Waals surface area contributed by atoms with Crippen molar-refractivity contribution >= 4 is 21.6 Å². The molecule has 1 aromatic carbocycles. The van der Waals surface area contributed by atoms with Crippen molar-refractivity contribution in [2.45, 2.75) is 17.4 Å². The van der Waals surface area contributed by atoms with Crippen molar-refractivity contribution < 1.29 is 8.42 Å². The Hall–Kier alpha value is -0.620. The van der Waals surface area contributed by atoms with Crippen LogP contribution in [0.15, 0.2) is 29.2 Å². The van der Waals surface area contributed by atoms with E-state index in [4.69, 9.17) is 11.6 Å². The molecule has 0 radical (unpaired) electrons. The Labute approximate surface area is 107 Å². The summed E-state index contributed by atoms with van der Waals surface area (Å²) in [6, 6.07) is 6.53. The fourth-order valence-electron chi connectivity index (χ4n) is 1.94. The standard InChI is InChI=1S/C11H15ClN2O2S/c1-13-10-6-7-14(8-10)17(15,16)11-4-2-9(12)3-5-11/h2-5,10,13H,6-8H2,1H3. The molecule has 1 saturated heterocycles. The average Bonchev–Trinajstić information content (AvgIpc) is 2.78. The van der Waals surface area contributed by atoms with E-state index in [0.717, 1.165) is 6.42 Å². The lowest BCUT2D eigenvalue weighted by atomic mass is 10.3. The quantitative estimate of drug-likeness (QED) is 0.905. The van der Waals surface area contributed by atoms with E-state index in [9.17, 15) is 8.42 Å². The number of hydrogen-bond acceptors (Lipinski definition) is 3. The Kier molecular flexibility index (Phi) is 3.73. The van der Waals surface area contributed by atoms with Crippen molar-refractivity contribution in [1.29, 1.82) is 0 Å². The first-order valence-corrected chi connectivity index (χ1v) is 7.29. The first-order chi connectivity index (χ1) is 8.04. The molecule has 94 valence electrons. The number of nitrogens with zero attached hydrogens (tertiary/aromatic N) is 1. The normalized spacial score (nSPS) is 21.9. The van der Waals surface area contributed by atoms with Crippen LogP contribution in [0.5, 0.6) is 0 Å². The van der Waals surface area contributed by atoms with Crippen molar-refractivity contribution in [3.63, 3.8) is 0 Å². The summed E-state index contributed by atoms with van der Waals surface area (Å²) < 4.78 is 26.0. The van der Waals surface area contributed by atoms with Crippen LogP contribution in [0.3, 0.4) is 0 Å². The van der Waals surface area contributed by atoms with Gasteiger partial charge in [0.15, 0.2) is 0 Å². The van der Waals surface area contributed by atoms with E-state index >= 15 is 0 Å². The second-order valence-corrected chi connectivity index (χ2v) is 6.47. The number of hydrogen-bond donors (Lipinski definition) is 1. The highest BCUT2D eigenvalue weighted by Crippen LogP contribution is 2.22. The molecule has 0 amide bonds. The summed E-state index contributed by atoms with van der Waals surface area (Å²) in [5.74, 6) is 0. The van der Waals surface area contributed by atoms with Crippen LogP contribution in [-0.2, 0) is 10.0 Å². The molecular weight excluding hydrogens is 260 g/mol. The van der Waals surface area contributed by atoms with Crippen LogP contribution >= 0.6 is 11.6 Å². The lowest BCUT2D eigenvalue weighted by Crippen LogP contribution is -2.33. The highest BCUT2D eigenvalue weighted by atomic mass is 35.5. The minimum absolute atomic E-state index is 0.247. The Morgan fingerprint density at radius 2 is 2.00 bits per heavy atom. The molecule has 2 rings (SSSR count). The van der Waals surface area contributed by atoms with Crippen molar-refractivity contribution in [2.75, 3.05) is 20.1 Å². The van der Waals surface area contributed by atoms with Gasteiger partial charge in [0.05, 0.1) is 4.90 Å². The van der Waals surface area contributed by atoms with Gasteiger partial charge in [0.1, 0.15) is 0 Å². The summed E-state index contributed by atoms with van der Waals surface area (Å²) in [4.78, 5) is 0.304. The number of benzene rings is 1. The molecule has 0 spiro atoms. The van der Waals surface area contributed by atoms with E-state index < -0.39 is 10.0 Å². The third kappa shape index (κ3) is 2.63. The number of nitrogens with one attached hydrogen (secondary N) is 1. The number of sulfonamides is 1. The molecule has 1 atom stereocenters. The molecule has 1 heterocycles. The first-order valence-electron chi connectivity index (χ1n) is 5.47. The highest BCUT2D eigenvalue weighted by molar-refractivity contribution is 7.89. The third-order valence-electron chi connectivity index (χ3n) is 3.01. The van der Waals surface area contributed by atoms with Gasteiger partial charge < -0.3 is 5.32 Å². The summed E-state index contributed by atoms with van der Waals surface area (Å²) >= 11 is 5.75. The lowest BCUT2D eigenvalue weighted by molar-refractivity contribution is 0.464. The Balaban J connectivity index is 2.22. The minimum Gasteiger partial charge on any atom is -0.316 e. The summed E-state index contributed by atoms with van der Waals surface area (Å²) in [5.41, 5.74) is 0. The van der Waals surface area contributed by atoms with Crippen molar-refractivity contribution in [3.8, 4) is 0 Å². The van der Waals surface area contributed by atoms with E-state index in [2.05, 4.69) is 5.32 Å². The third-order valence-corrected chi connectivity index (χ3v) is 5.14. The molecule has 17 heavy (non-hydrogen) atoms. The van der Waals surface area contributed by atoms with Gasteiger partial charge in [0.2, 0.25) is 10.0 Å². The maximum Gasteiger partial charge on any atom is 0.243 e. The molecule has 1 aliphatic heterocycles. The molecule has 6 heteroatoms. The molecule has 0 saturated carbocycles. The zero-order valence-corrected chi connectivity index (χ0v) is 11.1. The van der Waals surface area contributed by atoms with Crippen LogP contribution in [0.25, 0.3) is 0 Å². The number of halogens is 1. The zero-order valence-electron chi connectivity index (χ0n) is 9.56. The van der Waals surface area contributed by atoms with Crippen LogP contribution in [0.1, 0.15) is 6.42 Å². The van der Waals surface area contributed by atoms with E-state index in [1.807, 2.05) is 7.05 Å². The van der Waals surface area contributed by atoms with Crippen LogP contribution in [0.4, 0.5) is 0 Å². The monoisotopic (exact) mass is 274 g/mol. The molecular formula is C11H15ClN2O2S. The Bertz CT molecular complexity index is 487. The largest absolute Gasteiger partial charge is 0.316 e. The predicted octanol–water partition coefficient (Wildman–Crippen LogP) is 1.32. The van der Waals surface area contributed by atoms with Gasteiger partial charge in [-0.3, -0.25) is 0 Å². The van der Waals surface area contributed by atoms with Gasteiger partial charge in [-0.1, -0.05) is 11.6 Å². The first kappa shape index (κ1) is 12.8. The van der Waals surface area contributed by atoms with Crippen LogP contribution < -0.4 is 5.32 Å². The summed E-state index contributed by atoms with van der Waals surface area (Å²) in [6.45, 7) is 1.10. The van der Waals surface area contributed by atoms with Crippen molar-refractivity contribution in [3.05, 3.63) is 29.3 Å². The molecule has 0 aromatic heterocycles. The maximum atomic E-state index is 12.3. The van der Waals surface area contributed by atoms with Gasteiger partial charge in [0, 0.05) is 24.2 Å². The molecule has 0 aliphatic carbocycles. The minimum atomic E-state index is -3.36. The van der Waals surface area contributed by atoms with Gasteiger partial charge in [-0.2, -0.15) is 4.31 Å². The molecule has 1 aliphatic rings. The molecule has 0 bridgehead atoms. The highest BCUT2D eigenvalue weighted by Gasteiger charge is 2.31. The van der Waals surface area contributed by atoms with Crippen LogP contribution in [-0.4, -0.2) is 38.9 Å². The van der Waals surface area contributed by atoms with E-state index in [-0.39, 0.29) is 6.04 Å². The Morgan fingerprint density at radius 1 is 1.35 bits per heavy atom. The van der Waals surface area contributed by atoms with Gasteiger partial charge in [-0.15, -0.1) is 0 Å².